The van der Waals surface area contributed by atoms with Gasteiger partial charge in [-0.3, -0.25) is 28.8 Å². The molecule has 13 heteroatoms. The molecule has 29 heavy (non-hydrogen) atoms. The monoisotopic (exact) mass is 418 g/mol. The van der Waals surface area contributed by atoms with Crippen molar-refractivity contribution in [3.05, 3.63) is 0 Å². The van der Waals surface area contributed by atoms with Gasteiger partial charge in [0.1, 0.15) is 18.6 Å². The Morgan fingerprint density at radius 1 is 0.828 bits per heavy atom. The van der Waals surface area contributed by atoms with Gasteiger partial charge >= 0.3 is 17.9 Å². The molecule has 0 aliphatic carbocycles. The number of carbonyl (C=O) groups is 6. The third-order valence-corrected chi connectivity index (χ3v) is 3.67. The van der Waals surface area contributed by atoms with Gasteiger partial charge in [-0.2, -0.15) is 0 Å². The molecule has 0 saturated heterocycles. The van der Waals surface area contributed by atoms with Crippen LogP contribution >= 0.6 is 0 Å². The third-order valence-electron chi connectivity index (χ3n) is 3.67. The number of amides is 3. The predicted octanol–water partition coefficient (Wildman–Crippen LogP) is -2.52. The topological polar surface area (TPSA) is 225 Å². The first-order valence-corrected chi connectivity index (χ1v) is 8.64. The van der Waals surface area contributed by atoms with E-state index in [0.29, 0.717) is 0 Å². The minimum absolute atomic E-state index is 0.339. The zero-order valence-electron chi connectivity index (χ0n) is 16.0. The van der Waals surface area contributed by atoms with Crippen molar-refractivity contribution in [2.45, 2.75) is 51.2 Å². The molecule has 0 fully saturated rings. The van der Waals surface area contributed by atoms with Crippen molar-refractivity contribution >= 4 is 35.6 Å². The predicted molar refractivity (Wildman–Crippen MR) is 96.4 cm³/mol. The SMILES string of the molecule is CC(C)C(NC(=O)C(CCC(=O)O)NC(=O)C(N)CC(=O)O)C(=O)NCC(=O)O. The molecule has 0 bridgehead atoms. The minimum atomic E-state index is -1.47. The highest BCUT2D eigenvalue weighted by atomic mass is 16.4. The van der Waals surface area contributed by atoms with E-state index < -0.39 is 79.1 Å². The molecule has 0 saturated carbocycles. The number of hydrogen-bond acceptors (Lipinski definition) is 7. The highest BCUT2D eigenvalue weighted by Crippen LogP contribution is 2.06. The molecule has 13 nitrogen and oxygen atoms in total. The van der Waals surface area contributed by atoms with Crippen LogP contribution in [0.1, 0.15) is 33.1 Å². The van der Waals surface area contributed by atoms with Gasteiger partial charge in [0.2, 0.25) is 17.7 Å². The Balaban J connectivity index is 5.26. The molecule has 0 aromatic heterocycles. The van der Waals surface area contributed by atoms with Crippen molar-refractivity contribution < 1.29 is 44.1 Å². The molecule has 0 aliphatic rings. The van der Waals surface area contributed by atoms with E-state index in [1.165, 1.54) is 0 Å². The van der Waals surface area contributed by atoms with Crippen LogP contribution in [0.25, 0.3) is 0 Å². The lowest BCUT2D eigenvalue weighted by molar-refractivity contribution is -0.140. The first kappa shape index (κ1) is 25.8. The fourth-order valence-electron chi connectivity index (χ4n) is 2.16. The van der Waals surface area contributed by atoms with Crippen LogP contribution in [0.3, 0.4) is 0 Å². The summed E-state index contributed by atoms with van der Waals surface area (Å²) in [6, 6.07) is -4.02. The average Bonchev–Trinajstić information content (AvgIpc) is 2.59. The summed E-state index contributed by atoms with van der Waals surface area (Å²) in [5, 5.41) is 32.8. The second-order valence-electron chi connectivity index (χ2n) is 6.54. The minimum Gasteiger partial charge on any atom is -0.481 e. The summed E-state index contributed by atoms with van der Waals surface area (Å²) >= 11 is 0. The second kappa shape index (κ2) is 12.3. The quantitative estimate of drug-likeness (QED) is 0.166. The number of nitrogens with two attached hydrogens (primary N) is 1. The highest BCUT2D eigenvalue weighted by Gasteiger charge is 2.30. The number of hydrogen-bond donors (Lipinski definition) is 7. The fraction of sp³-hybridized carbons (Fsp3) is 0.625. The van der Waals surface area contributed by atoms with Gasteiger partial charge in [-0.05, 0) is 12.3 Å². The molecular weight excluding hydrogens is 392 g/mol. The van der Waals surface area contributed by atoms with Gasteiger partial charge in [-0.1, -0.05) is 13.8 Å². The number of aliphatic carboxylic acids is 3. The number of carboxylic acid groups (broad SMARTS) is 3. The van der Waals surface area contributed by atoms with Crippen molar-refractivity contribution in [2.75, 3.05) is 6.54 Å². The van der Waals surface area contributed by atoms with Crippen molar-refractivity contribution in [2.24, 2.45) is 11.7 Å². The average molecular weight is 418 g/mol. The van der Waals surface area contributed by atoms with Gasteiger partial charge < -0.3 is 37.0 Å². The number of nitrogens with one attached hydrogen (secondary N) is 3. The maximum Gasteiger partial charge on any atom is 0.322 e. The maximum absolute atomic E-state index is 12.5. The standard InChI is InChI=1S/C16H26N4O9/c1-7(2)13(16(29)18-6-12(25)26)20-15(28)9(3-4-10(21)22)19-14(27)8(17)5-11(23)24/h7-9,13H,3-6,17H2,1-2H3,(H,18,29)(H,19,27)(H,20,28)(H,21,22)(H,23,24)(H,25,26). The highest BCUT2D eigenvalue weighted by molar-refractivity contribution is 5.94. The van der Waals surface area contributed by atoms with Crippen molar-refractivity contribution in [1.82, 2.24) is 16.0 Å². The van der Waals surface area contributed by atoms with Gasteiger partial charge in [0.05, 0.1) is 12.5 Å². The Hall–Kier alpha value is -3.22. The fourth-order valence-corrected chi connectivity index (χ4v) is 2.16. The smallest absolute Gasteiger partial charge is 0.322 e. The zero-order valence-corrected chi connectivity index (χ0v) is 16.0. The van der Waals surface area contributed by atoms with Gasteiger partial charge in [-0.15, -0.1) is 0 Å². The Kier molecular flexibility index (Phi) is 10.9. The lowest BCUT2D eigenvalue weighted by Crippen LogP contribution is -2.57. The molecule has 0 aromatic rings. The molecule has 3 amide bonds. The van der Waals surface area contributed by atoms with E-state index in [1.807, 2.05) is 0 Å². The Morgan fingerprint density at radius 2 is 1.41 bits per heavy atom. The van der Waals surface area contributed by atoms with Crippen molar-refractivity contribution in [1.29, 1.82) is 0 Å². The third kappa shape index (κ3) is 10.6. The number of rotatable bonds is 13. The van der Waals surface area contributed by atoms with Crippen LogP contribution in [-0.2, 0) is 28.8 Å². The molecule has 0 radical (unpaired) electrons. The van der Waals surface area contributed by atoms with E-state index in [4.69, 9.17) is 21.1 Å². The molecule has 3 atom stereocenters. The van der Waals surface area contributed by atoms with E-state index in [0.717, 1.165) is 0 Å². The molecule has 0 heterocycles. The van der Waals surface area contributed by atoms with Crippen molar-refractivity contribution in [3.8, 4) is 0 Å². The molecule has 0 spiro atoms. The number of carbonyl (C=O) groups excluding carboxylic acids is 3. The van der Waals surface area contributed by atoms with E-state index >= 15 is 0 Å². The zero-order chi connectivity index (χ0) is 22.7. The van der Waals surface area contributed by atoms with Crippen LogP contribution in [0.2, 0.25) is 0 Å². The lowest BCUT2D eigenvalue weighted by Gasteiger charge is -2.25. The summed E-state index contributed by atoms with van der Waals surface area (Å²) in [5.41, 5.74) is 5.43. The number of carboxylic acids is 3. The van der Waals surface area contributed by atoms with E-state index in [9.17, 15) is 28.8 Å². The normalized spacial score (nSPS) is 13.7. The van der Waals surface area contributed by atoms with Crippen LogP contribution in [0, 0.1) is 5.92 Å². The first-order chi connectivity index (χ1) is 13.3. The summed E-state index contributed by atoms with van der Waals surface area (Å²) < 4.78 is 0. The molecule has 164 valence electrons. The summed E-state index contributed by atoms with van der Waals surface area (Å²) in [4.78, 5) is 68.7. The summed E-state index contributed by atoms with van der Waals surface area (Å²) in [5.74, 6) is -6.98. The van der Waals surface area contributed by atoms with Gasteiger partial charge in [-0.25, -0.2) is 0 Å². The van der Waals surface area contributed by atoms with Crippen LogP contribution in [-0.4, -0.2) is 75.6 Å². The molecule has 0 rings (SSSR count). The van der Waals surface area contributed by atoms with E-state index in [-0.39, 0.29) is 6.42 Å². The summed E-state index contributed by atoms with van der Waals surface area (Å²) in [6.07, 6.45) is -1.54. The molecule has 0 aromatic carbocycles. The van der Waals surface area contributed by atoms with Crippen LogP contribution < -0.4 is 21.7 Å². The Bertz CT molecular complexity index is 650. The maximum atomic E-state index is 12.5. The van der Waals surface area contributed by atoms with E-state index in [1.54, 1.807) is 13.8 Å². The lowest BCUT2D eigenvalue weighted by atomic mass is 10.0. The largest absolute Gasteiger partial charge is 0.481 e. The van der Waals surface area contributed by atoms with Crippen LogP contribution in [0.15, 0.2) is 0 Å². The van der Waals surface area contributed by atoms with Crippen LogP contribution in [0.4, 0.5) is 0 Å². The van der Waals surface area contributed by atoms with Gasteiger partial charge in [0.15, 0.2) is 0 Å². The molecule has 8 N–H and O–H groups in total. The molecule has 3 unspecified atom stereocenters. The second-order valence-corrected chi connectivity index (χ2v) is 6.54. The van der Waals surface area contributed by atoms with E-state index in [2.05, 4.69) is 16.0 Å². The summed E-state index contributed by atoms with van der Waals surface area (Å²) in [7, 11) is 0. The van der Waals surface area contributed by atoms with Gasteiger partial charge in [0.25, 0.3) is 0 Å². The Labute approximate surface area is 166 Å². The van der Waals surface area contributed by atoms with Crippen molar-refractivity contribution in [3.63, 3.8) is 0 Å². The summed E-state index contributed by atoms with van der Waals surface area (Å²) in [6.45, 7) is 2.50. The molecular formula is C16H26N4O9. The van der Waals surface area contributed by atoms with Gasteiger partial charge in [0, 0.05) is 6.42 Å². The first-order valence-electron chi connectivity index (χ1n) is 8.64. The van der Waals surface area contributed by atoms with Crippen LogP contribution in [0.5, 0.6) is 0 Å². The molecule has 0 aliphatic heterocycles. The Morgan fingerprint density at radius 3 is 1.86 bits per heavy atom.